The first-order valence-electron chi connectivity index (χ1n) is 6.61. The molecule has 1 aliphatic rings. The number of phenolic OH excluding ortho intramolecular Hbond substituents is 1. The number of rotatable bonds is 3. The highest BCUT2D eigenvalue weighted by Crippen LogP contribution is 2.29. The lowest BCUT2D eigenvalue weighted by Crippen LogP contribution is -2.31. The minimum Gasteiger partial charge on any atom is -0.507 e. The molecule has 1 aromatic heterocycles. The number of hydrogen-bond donors (Lipinski definition) is 2. The van der Waals surface area contributed by atoms with Crippen molar-refractivity contribution >= 4 is 16.7 Å². The van der Waals surface area contributed by atoms with Crippen LogP contribution in [0.1, 0.15) is 18.4 Å². The molecule has 1 aliphatic heterocycles. The molecule has 6 nitrogen and oxygen atoms in total. The molecular formula is C15H13N3O3. The number of pyridine rings is 1. The van der Waals surface area contributed by atoms with Crippen molar-refractivity contribution in [3.05, 3.63) is 30.0 Å². The zero-order valence-electron chi connectivity index (χ0n) is 11.2. The van der Waals surface area contributed by atoms with Gasteiger partial charge in [0.2, 0.25) is 11.8 Å². The van der Waals surface area contributed by atoms with Gasteiger partial charge >= 0.3 is 0 Å². The summed E-state index contributed by atoms with van der Waals surface area (Å²) in [6, 6.07) is 6.74. The molecule has 21 heavy (non-hydrogen) atoms. The van der Waals surface area contributed by atoms with Crippen LogP contribution in [-0.2, 0) is 4.79 Å². The Kier molecular flexibility index (Phi) is 3.32. The monoisotopic (exact) mass is 283 g/mol. The molecule has 2 aromatic rings. The van der Waals surface area contributed by atoms with Gasteiger partial charge in [-0.15, -0.1) is 0 Å². The van der Waals surface area contributed by atoms with Gasteiger partial charge in [-0.3, -0.25) is 4.79 Å². The molecule has 2 heterocycles. The minimum absolute atomic E-state index is 0.0125. The molecule has 1 unspecified atom stereocenters. The smallest absolute Gasteiger partial charge is 0.221 e. The van der Waals surface area contributed by atoms with Gasteiger partial charge in [0.05, 0.1) is 11.6 Å². The Bertz CT molecular complexity index is 752. The zero-order chi connectivity index (χ0) is 14.8. The number of fused-ring (bicyclic) bond motifs is 1. The fourth-order valence-electron chi connectivity index (χ4n) is 2.37. The quantitative estimate of drug-likeness (QED) is 0.889. The van der Waals surface area contributed by atoms with Crippen LogP contribution in [-0.4, -0.2) is 28.6 Å². The molecular weight excluding hydrogens is 270 g/mol. The van der Waals surface area contributed by atoms with Crippen molar-refractivity contribution in [2.75, 3.05) is 6.61 Å². The van der Waals surface area contributed by atoms with Crippen molar-refractivity contribution in [1.29, 1.82) is 5.26 Å². The third-order valence-electron chi connectivity index (χ3n) is 3.47. The van der Waals surface area contributed by atoms with Gasteiger partial charge < -0.3 is 15.2 Å². The number of nitriles is 1. The van der Waals surface area contributed by atoms with Crippen molar-refractivity contribution in [3.63, 3.8) is 0 Å². The minimum atomic E-state index is -0.1000. The predicted molar refractivity (Wildman–Crippen MR) is 74.8 cm³/mol. The van der Waals surface area contributed by atoms with E-state index in [1.807, 2.05) is 6.07 Å². The molecule has 0 saturated carbocycles. The van der Waals surface area contributed by atoms with Gasteiger partial charge in [0, 0.05) is 18.0 Å². The third kappa shape index (κ3) is 2.58. The van der Waals surface area contributed by atoms with Crippen molar-refractivity contribution in [3.8, 4) is 17.7 Å². The van der Waals surface area contributed by atoms with E-state index < -0.39 is 0 Å². The number of hydrogen-bond acceptors (Lipinski definition) is 5. The predicted octanol–water partition coefficient (Wildman–Crippen LogP) is 1.47. The third-order valence-corrected chi connectivity index (χ3v) is 3.47. The van der Waals surface area contributed by atoms with Gasteiger partial charge in [0.1, 0.15) is 18.4 Å². The maximum absolute atomic E-state index is 11.1. The van der Waals surface area contributed by atoms with Crippen molar-refractivity contribution in [2.24, 2.45) is 0 Å². The topological polar surface area (TPSA) is 95.2 Å². The van der Waals surface area contributed by atoms with Gasteiger partial charge in [-0.1, -0.05) is 0 Å². The Morgan fingerprint density at radius 1 is 1.52 bits per heavy atom. The molecule has 1 saturated heterocycles. The number of benzene rings is 1. The Balaban J connectivity index is 1.87. The Labute approximate surface area is 121 Å². The molecule has 0 spiro atoms. The summed E-state index contributed by atoms with van der Waals surface area (Å²) < 4.78 is 5.66. The lowest BCUT2D eigenvalue weighted by molar-refractivity contribution is -0.119. The maximum Gasteiger partial charge on any atom is 0.221 e. The Morgan fingerprint density at radius 3 is 3.10 bits per heavy atom. The second-order valence-corrected chi connectivity index (χ2v) is 4.93. The average molecular weight is 283 g/mol. The van der Waals surface area contributed by atoms with Gasteiger partial charge in [-0.05, 0) is 30.0 Å². The summed E-state index contributed by atoms with van der Waals surface area (Å²) in [6.45, 7) is 0.332. The second-order valence-electron chi connectivity index (χ2n) is 4.93. The SMILES string of the molecule is N#Cc1cc2ccnc(OCC3CCC(=O)N3)c2cc1O. The van der Waals surface area contributed by atoms with Gasteiger partial charge in [-0.25, -0.2) is 4.98 Å². The fraction of sp³-hybridized carbons (Fsp3) is 0.267. The first-order chi connectivity index (χ1) is 10.2. The number of aromatic nitrogens is 1. The lowest BCUT2D eigenvalue weighted by atomic mass is 10.1. The van der Waals surface area contributed by atoms with E-state index >= 15 is 0 Å². The molecule has 6 heteroatoms. The summed E-state index contributed by atoms with van der Waals surface area (Å²) in [5.41, 5.74) is 0.211. The van der Waals surface area contributed by atoms with E-state index in [4.69, 9.17) is 10.00 Å². The summed E-state index contributed by atoms with van der Waals surface area (Å²) in [4.78, 5) is 15.3. The number of nitrogens with one attached hydrogen (secondary N) is 1. The van der Waals surface area contributed by atoms with Crippen LogP contribution in [0.25, 0.3) is 10.8 Å². The molecule has 106 valence electrons. The van der Waals surface area contributed by atoms with E-state index in [0.717, 1.165) is 11.8 Å². The Morgan fingerprint density at radius 2 is 2.38 bits per heavy atom. The van der Waals surface area contributed by atoms with Gasteiger partial charge in [-0.2, -0.15) is 5.26 Å². The Hall–Kier alpha value is -2.81. The lowest BCUT2D eigenvalue weighted by Gasteiger charge is -2.13. The van der Waals surface area contributed by atoms with Crippen LogP contribution < -0.4 is 10.1 Å². The number of amides is 1. The van der Waals surface area contributed by atoms with Crippen LogP contribution in [0.5, 0.6) is 11.6 Å². The molecule has 1 atom stereocenters. The van der Waals surface area contributed by atoms with Crippen LogP contribution in [0.3, 0.4) is 0 Å². The van der Waals surface area contributed by atoms with Crippen LogP contribution >= 0.6 is 0 Å². The van der Waals surface area contributed by atoms with Crippen LogP contribution in [0.4, 0.5) is 0 Å². The average Bonchev–Trinajstić information content (AvgIpc) is 2.90. The highest BCUT2D eigenvalue weighted by Gasteiger charge is 2.21. The number of aromatic hydroxyl groups is 1. The molecule has 1 amide bonds. The normalized spacial score (nSPS) is 17.5. The number of carbonyl (C=O) groups excluding carboxylic acids is 1. The molecule has 0 radical (unpaired) electrons. The highest BCUT2D eigenvalue weighted by molar-refractivity contribution is 5.89. The molecule has 2 N–H and O–H groups in total. The summed E-state index contributed by atoms with van der Waals surface area (Å²) in [5.74, 6) is 0.316. The van der Waals surface area contributed by atoms with E-state index in [-0.39, 0.29) is 23.3 Å². The van der Waals surface area contributed by atoms with Crippen molar-refractivity contribution in [1.82, 2.24) is 10.3 Å². The van der Waals surface area contributed by atoms with Crippen LogP contribution in [0.2, 0.25) is 0 Å². The summed E-state index contributed by atoms with van der Waals surface area (Å²) >= 11 is 0. The van der Waals surface area contributed by atoms with E-state index in [1.165, 1.54) is 6.07 Å². The van der Waals surface area contributed by atoms with E-state index in [9.17, 15) is 9.90 Å². The van der Waals surface area contributed by atoms with Crippen LogP contribution in [0, 0.1) is 11.3 Å². The summed E-state index contributed by atoms with van der Waals surface area (Å²) in [6.07, 6.45) is 2.85. The molecule has 0 aliphatic carbocycles. The molecule has 1 fully saturated rings. The fourth-order valence-corrected chi connectivity index (χ4v) is 2.37. The standard InChI is InChI=1S/C15H13N3O3/c16-7-10-5-9-3-4-17-15(12(9)6-13(10)19)21-8-11-1-2-14(20)18-11/h3-6,11,19H,1-2,8H2,(H,18,20). The van der Waals surface area contributed by atoms with Gasteiger partial charge in [0.15, 0.2) is 0 Å². The molecule has 1 aromatic carbocycles. The summed E-state index contributed by atoms with van der Waals surface area (Å²) in [5, 5.41) is 22.9. The van der Waals surface area contributed by atoms with Crippen LogP contribution in [0.15, 0.2) is 24.4 Å². The number of carbonyl (C=O) groups is 1. The number of ether oxygens (including phenoxy) is 1. The van der Waals surface area contributed by atoms with Crippen molar-refractivity contribution in [2.45, 2.75) is 18.9 Å². The largest absolute Gasteiger partial charge is 0.507 e. The number of nitrogens with zero attached hydrogens (tertiary/aromatic N) is 2. The maximum atomic E-state index is 11.1. The number of phenols is 1. The highest BCUT2D eigenvalue weighted by atomic mass is 16.5. The first-order valence-corrected chi connectivity index (χ1v) is 6.61. The molecule has 0 bridgehead atoms. The van der Waals surface area contributed by atoms with E-state index in [1.54, 1.807) is 18.3 Å². The second kappa shape index (κ2) is 5.29. The van der Waals surface area contributed by atoms with Gasteiger partial charge in [0.25, 0.3) is 0 Å². The molecule has 3 rings (SSSR count). The first kappa shape index (κ1) is 13.2. The van der Waals surface area contributed by atoms with Crippen molar-refractivity contribution < 1.29 is 14.6 Å². The van der Waals surface area contributed by atoms with E-state index in [2.05, 4.69) is 10.3 Å². The zero-order valence-corrected chi connectivity index (χ0v) is 11.2. The summed E-state index contributed by atoms with van der Waals surface area (Å²) in [7, 11) is 0. The van der Waals surface area contributed by atoms with E-state index in [0.29, 0.717) is 24.3 Å².